The van der Waals surface area contributed by atoms with Crippen LogP contribution in [0.25, 0.3) is 0 Å². The minimum Gasteiger partial charge on any atom is -0.475 e. The van der Waals surface area contributed by atoms with Crippen LogP contribution in [0.2, 0.25) is 0 Å². The van der Waals surface area contributed by atoms with E-state index in [1.807, 2.05) is 31.3 Å². The average molecular weight is 418 g/mol. The van der Waals surface area contributed by atoms with Crippen molar-refractivity contribution in [1.29, 1.82) is 0 Å². The van der Waals surface area contributed by atoms with Crippen molar-refractivity contribution in [2.45, 2.75) is 44.4 Å². The molecule has 1 amide bonds. The van der Waals surface area contributed by atoms with E-state index in [-0.39, 0.29) is 12.1 Å². The van der Waals surface area contributed by atoms with Crippen LogP contribution in [0.1, 0.15) is 30.0 Å². The molecule has 0 spiro atoms. The van der Waals surface area contributed by atoms with E-state index in [4.69, 9.17) is 9.47 Å². The average Bonchev–Trinajstić information content (AvgIpc) is 3.11. The fourth-order valence-electron chi connectivity index (χ4n) is 3.48. The second-order valence-electron chi connectivity index (χ2n) is 7.45. The van der Waals surface area contributed by atoms with Crippen molar-refractivity contribution >= 4 is 6.41 Å². The molecule has 1 heterocycles. The standard InChI is InChI=1S/C12H15NO2.C11H17FN2O/c1-15-8-12(13-9-14)6-10-4-2-3-5-11(10)7-12;1-3-10(12)8-15-11-6-9(7-13-2)4-5-14-11/h2-5,9H,6-8H2,1H3,(H,13,14);4-6,10,13H,3,7-8H2,1-2H3. The molecule has 164 valence electrons. The maximum absolute atomic E-state index is 12.9. The van der Waals surface area contributed by atoms with Crippen LogP contribution in [0.3, 0.4) is 0 Å². The van der Waals surface area contributed by atoms with Gasteiger partial charge in [0.1, 0.15) is 12.8 Å². The summed E-state index contributed by atoms with van der Waals surface area (Å²) in [5, 5.41) is 5.93. The lowest BCUT2D eigenvalue weighted by Crippen LogP contribution is -2.49. The van der Waals surface area contributed by atoms with Crippen molar-refractivity contribution in [3.05, 3.63) is 59.3 Å². The van der Waals surface area contributed by atoms with Crippen LogP contribution in [0, 0.1) is 0 Å². The van der Waals surface area contributed by atoms with Crippen LogP contribution in [-0.4, -0.2) is 50.5 Å². The van der Waals surface area contributed by atoms with Gasteiger partial charge in [0.2, 0.25) is 12.3 Å². The highest BCUT2D eigenvalue weighted by Gasteiger charge is 2.36. The maximum atomic E-state index is 12.9. The molecule has 0 saturated heterocycles. The monoisotopic (exact) mass is 417 g/mol. The molecule has 0 radical (unpaired) electrons. The van der Waals surface area contributed by atoms with Gasteiger partial charge in [-0.05, 0) is 49.1 Å². The van der Waals surface area contributed by atoms with Crippen molar-refractivity contribution < 1.29 is 18.7 Å². The lowest BCUT2D eigenvalue weighted by molar-refractivity contribution is -0.111. The number of hydrogen-bond donors (Lipinski definition) is 2. The van der Waals surface area contributed by atoms with E-state index >= 15 is 0 Å². The third kappa shape index (κ3) is 7.07. The zero-order valence-electron chi connectivity index (χ0n) is 18.0. The Morgan fingerprint density at radius 1 is 1.27 bits per heavy atom. The summed E-state index contributed by atoms with van der Waals surface area (Å²) in [4.78, 5) is 14.6. The van der Waals surface area contributed by atoms with Crippen molar-refractivity contribution in [3.63, 3.8) is 0 Å². The van der Waals surface area contributed by atoms with Crippen molar-refractivity contribution in [3.8, 4) is 5.88 Å². The molecular formula is C23H32FN3O3. The Labute approximate surface area is 178 Å². The van der Waals surface area contributed by atoms with Crippen LogP contribution in [0.15, 0.2) is 42.6 Å². The fraction of sp³-hybridized carbons (Fsp3) is 0.478. The van der Waals surface area contributed by atoms with E-state index in [0.29, 0.717) is 18.9 Å². The second kappa shape index (κ2) is 12.2. The van der Waals surface area contributed by atoms with Gasteiger partial charge in [-0.25, -0.2) is 9.37 Å². The molecule has 1 aliphatic rings. The number of carbonyl (C=O) groups excluding carboxylic acids is 1. The number of alkyl halides is 1. The first kappa shape index (κ1) is 23.8. The summed E-state index contributed by atoms with van der Waals surface area (Å²) >= 11 is 0. The van der Waals surface area contributed by atoms with Gasteiger partial charge < -0.3 is 20.1 Å². The minimum absolute atomic E-state index is 0.0759. The van der Waals surface area contributed by atoms with Crippen LogP contribution in [0.4, 0.5) is 4.39 Å². The number of rotatable bonds is 10. The van der Waals surface area contributed by atoms with Crippen molar-refractivity contribution in [2.75, 3.05) is 27.4 Å². The predicted molar refractivity (Wildman–Crippen MR) is 115 cm³/mol. The first-order valence-electron chi connectivity index (χ1n) is 10.2. The molecule has 1 aromatic carbocycles. The predicted octanol–water partition coefficient (Wildman–Crippen LogP) is 2.84. The number of ether oxygens (including phenoxy) is 2. The van der Waals surface area contributed by atoms with Crippen LogP contribution in [0.5, 0.6) is 5.88 Å². The molecule has 1 unspecified atom stereocenters. The number of amides is 1. The Kier molecular flexibility index (Phi) is 9.70. The molecule has 7 heteroatoms. The third-order valence-electron chi connectivity index (χ3n) is 5.00. The molecule has 1 atom stereocenters. The molecule has 0 bridgehead atoms. The Morgan fingerprint density at radius 3 is 2.53 bits per heavy atom. The van der Waals surface area contributed by atoms with Gasteiger partial charge in [-0.15, -0.1) is 0 Å². The molecule has 0 aliphatic heterocycles. The summed E-state index contributed by atoms with van der Waals surface area (Å²) in [6.07, 6.45) is 3.70. The molecule has 0 fully saturated rings. The van der Waals surface area contributed by atoms with Gasteiger partial charge in [-0.2, -0.15) is 0 Å². The number of methoxy groups -OCH3 is 1. The van der Waals surface area contributed by atoms with Gasteiger partial charge in [0.05, 0.1) is 12.1 Å². The van der Waals surface area contributed by atoms with Crippen molar-refractivity contribution in [1.82, 2.24) is 15.6 Å². The van der Waals surface area contributed by atoms with E-state index < -0.39 is 6.17 Å². The number of nitrogens with one attached hydrogen (secondary N) is 2. The Hall–Kier alpha value is -2.51. The van der Waals surface area contributed by atoms with E-state index in [1.165, 1.54) is 11.1 Å². The second-order valence-corrected chi connectivity index (χ2v) is 7.45. The minimum atomic E-state index is -0.917. The zero-order chi connectivity index (χ0) is 21.8. The molecule has 3 rings (SSSR count). The van der Waals surface area contributed by atoms with Gasteiger partial charge in [-0.1, -0.05) is 31.2 Å². The lowest BCUT2D eigenvalue weighted by atomic mass is 9.97. The summed E-state index contributed by atoms with van der Waals surface area (Å²) in [5.74, 6) is 0.485. The van der Waals surface area contributed by atoms with E-state index in [2.05, 4.69) is 27.8 Å². The van der Waals surface area contributed by atoms with E-state index in [1.54, 1.807) is 20.2 Å². The highest BCUT2D eigenvalue weighted by molar-refractivity contribution is 5.50. The lowest BCUT2D eigenvalue weighted by Gasteiger charge is -2.27. The molecule has 30 heavy (non-hydrogen) atoms. The summed E-state index contributed by atoms with van der Waals surface area (Å²) in [5.41, 5.74) is 3.46. The topological polar surface area (TPSA) is 72.5 Å². The SMILES string of the molecule is CCC(F)COc1cc(CNC)ccn1.COCC1(NC=O)Cc2ccccc2C1. The first-order chi connectivity index (χ1) is 14.6. The van der Waals surface area contributed by atoms with Gasteiger partial charge in [0, 0.05) is 25.9 Å². The summed E-state index contributed by atoms with van der Waals surface area (Å²) in [6.45, 7) is 3.18. The smallest absolute Gasteiger partial charge is 0.213 e. The quantitative estimate of drug-likeness (QED) is 0.582. The number of benzene rings is 1. The number of halogens is 1. The van der Waals surface area contributed by atoms with E-state index in [9.17, 15) is 9.18 Å². The van der Waals surface area contributed by atoms with Crippen molar-refractivity contribution in [2.24, 2.45) is 0 Å². The molecule has 6 nitrogen and oxygen atoms in total. The van der Waals surface area contributed by atoms with Crippen LogP contribution >= 0.6 is 0 Å². The number of aromatic nitrogens is 1. The summed E-state index contributed by atoms with van der Waals surface area (Å²) in [6, 6.07) is 12.0. The third-order valence-corrected chi connectivity index (χ3v) is 5.00. The highest BCUT2D eigenvalue weighted by atomic mass is 19.1. The Morgan fingerprint density at radius 2 is 1.97 bits per heavy atom. The van der Waals surface area contributed by atoms with Crippen LogP contribution in [-0.2, 0) is 28.9 Å². The number of pyridine rings is 1. The summed E-state index contributed by atoms with van der Waals surface area (Å²) < 4.78 is 23.3. The molecule has 1 aromatic heterocycles. The number of fused-ring (bicyclic) bond motifs is 1. The largest absolute Gasteiger partial charge is 0.475 e. The van der Waals surface area contributed by atoms with Gasteiger partial charge in [0.25, 0.3) is 0 Å². The normalized spacial score (nSPS) is 14.8. The molecular weight excluding hydrogens is 385 g/mol. The molecule has 0 saturated carbocycles. The Balaban J connectivity index is 0.000000214. The van der Waals surface area contributed by atoms with Gasteiger partial charge in [0.15, 0.2) is 0 Å². The van der Waals surface area contributed by atoms with Gasteiger partial charge >= 0.3 is 0 Å². The number of carbonyl (C=O) groups is 1. The van der Waals surface area contributed by atoms with E-state index in [0.717, 1.165) is 31.4 Å². The Bertz CT molecular complexity index is 763. The van der Waals surface area contributed by atoms with Gasteiger partial charge in [-0.3, -0.25) is 4.79 Å². The first-order valence-corrected chi connectivity index (χ1v) is 10.2. The zero-order valence-corrected chi connectivity index (χ0v) is 18.0. The maximum Gasteiger partial charge on any atom is 0.213 e. The number of hydrogen-bond acceptors (Lipinski definition) is 5. The molecule has 2 aromatic rings. The highest BCUT2D eigenvalue weighted by Crippen LogP contribution is 2.29. The van der Waals surface area contributed by atoms with Crippen LogP contribution < -0.4 is 15.4 Å². The summed E-state index contributed by atoms with van der Waals surface area (Å²) in [7, 11) is 3.53. The number of nitrogens with zero attached hydrogens (tertiary/aromatic N) is 1. The molecule has 2 N–H and O–H groups in total. The fourth-order valence-corrected chi connectivity index (χ4v) is 3.48. The molecule has 1 aliphatic carbocycles.